The lowest BCUT2D eigenvalue weighted by Gasteiger charge is -2.27. The van der Waals surface area contributed by atoms with E-state index < -0.39 is 62.5 Å². The van der Waals surface area contributed by atoms with Crippen LogP contribution in [0.4, 0.5) is 11.4 Å². The van der Waals surface area contributed by atoms with Gasteiger partial charge in [0.2, 0.25) is 62.5 Å². The summed E-state index contributed by atoms with van der Waals surface area (Å²) < 4.78 is 100.0. The lowest BCUT2D eigenvalue weighted by molar-refractivity contribution is 0.103. The van der Waals surface area contributed by atoms with Crippen LogP contribution in [0.3, 0.4) is 0 Å². The summed E-state index contributed by atoms with van der Waals surface area (Å²) in [5, 5.41) is 0. The van der Waals surface area contributed by atoms with Crippen molar-refractivity contribution in [3.8, 4) is 0 Å². The minimum absolute atomic E-state index is 0.0843. The topological polar surface area (TPSA) is 218 Å². The molecule has 0 radical (unpaired) electrons. The van der Waals surface area contributed by atoms with Crippen molar-refractivity contribution in [2.45, 2.75) is 58.1 Å². The van der Waals surface area contributed by atoms with Gasteiger partial charge in [0.25, 0.3) is 0 Å². The largest absolute Gasteiger partial charge is 0.357 e. The fourth-order valence-electron chi connectivity index (χ4n) is 13.5. The fourth-order valence-corrected chi connectivity index (χ4v) is 19.7. The first-order chi connectivity index (χ1) is 51.6. The van der Waals surface area contributed by atoms with Crippen LogP contribution in [0.1, 0.15) is 80.3 Å². The molecule has 0 aliphatic carbocycles. The molecule has 0 spiro atoms. The number of benzene rings is 6. The third kappa shape index (κ3) is 14.0. The van der Waals surface area contributed by atoms with Crippen LogP contribution >= 0.6 is 0 Å². The highest BCUT2D eigenvalue weighted by Crippen LogP contribution is 2.51. The molecule has 6 aromatic rings. The minimum atomic E-state index is -3.75. The van der Waals surface area contributed by atoms with Crippen LogP contribution in [-0.4, -0.2) is 80.7 Å². The Morgan fingerprint density at radius 3 is 0.796 bits per heavy atom. The molecule has 0 amide bonds. The smallest absolute Gasteiger partial charge is 0.211 e. The number of ketones is 4. The molecular weight excluding hydrogens is 1430 g/mol. The maximum Gasteiger partial charge on any atom is 0.211 e. The second-order valence-electron chi connectivity index (χ2n) is 27.0. The van der Waals surface area contributed by atoms with Gasteiger partial charge in [0.05, 0.1) is 19.6 Å². The van der Waals surface area contributed by atoms with E-state index in [1.807, 2.05) is 122 Å². The lowest BCUT2D eigenvalue weighted by atomic mass is 9.83. The van der Waals surface area contributed by atoms with Crippen LogP contribution in [-0.2, 0) is 50.2 Å². The number of hydrogen-bond acceptors (Lipinski definition) is 16. The molecule has 0 atom stereocenters. The highest BCUT2D eigenvalue weighted by molar-refractivity contribution is 7.98. The first-order valence-corrected chi connectivity index (χ1v) is 40.2. The maximum absolute atomic E-state index is 12.6. The van der Waals surface area contributed by atoms with Crippen molar-refractivity contribution >= 4 is 73.9 Å². The van der Waals surface area contributed by atoms with Gasteiger partial charge < -0.3 is 19.6 Å². The number of nitrogens with zero attached hydrogens (tertiary/aromatic N) is 4. The molecule has 10 aliphatic rings. The van der Waals surface area contributed by atoms with Crippen LogP contribution in [0.15, 0.2) is 402 Å². The zero-order valence-corrected chi connectivity index (χ0v) is 62.8. The Morgan fingerprint density at radius 2 is 0.519 bits per heavy atom. The Balaban J connectivity index is 0.000000128. The Hall–Kier alpha value is -12.2. The number of carbonyl (C=O) groups is 4. The summed E-state index contributed by atoms with van der Waals surface area (Å²) in [6, 6.07) is 42.0. The van der Waals surface area contributed by atoms with E-state index in [2.05, 4.69) is 98.4 Å². The average Bonchev–Trinajstić information content (AvgIpc) is 1.61. The zero-order valence-electron chi connectivity index (χ0n) is 59.5. The first kappa shape index (κ1) is 74.1. The number of hydrogen-bond donors (Lipinski definition) is 0. The summed E-state index contributed by atoms with van der Waals surface area (Å²) in [6.07, 6.45) is 54.2. The van der Waals surface area contributed by atoms with Gasteiger partial charge in [-0.25, -0.2) is 33.7 Å². The number of anilines is 2. The predicted molar refractivity (Wildman–Crippen MR) is 423 cm³/mol. The molecule has 0 saturated carbocycles. The van der Waals surface area contributed by atoms with Gasteiger partial charge in [-0.2, -0.15) is 0 Å². The number of fused-ring (bicyclic) bond motifs is 10. The Bertz CT molecular complexity index is 5660. The minimum Gasteiger partial charge on any atom is -0.357 e. The Labute approximate surface area is 629 Å². The van der Waals surface area contributed by atoms with Crippen LogP contribution in [0, 0.1) is 0 Å². The molecule has 0 fully saturated rings. The Kier molecular flexibility index (Phi) is 20.3. The standard InChI is InChI=1S/2C26H21NO3S.2C18H15NO3S/c2*1-26(2)20-11-5-6-12-21(20)27-16-15-18(17-24(26)27)9-3-7-14-23-25(28)19-10-4-8-13-22(19)31(23,29)30;2*1-19-12-10-14(11-13-19)6-2-4-9-17-18(20)15-7-3-5-8-16(15)23(17,21)22/h2*3-17H,1-2H3;2*2-13H,1H3/b7-3+,18-9+,23-14-;;4-2+,17-9-;. The summed E-state index contributed by atoms with van der Waals surface area (Å²) >= 11 is 0. The summed E-state index contributed by atoms with van der Waals surface area (Å²) in [6.45, 7) is 8.84. The molecule has 20 heteroatoms. The molecule has 0 N–H and O–H groups in total. The van der Waals surface area contributed by atoms with E-state index in [9.17, 15) is 52.8 Å². The van der Waals surface area contributed by atoms with Gasteiger partial charge in [-0.05, 0) is 167 Å². The zero-order chi connectivity index (χ0) is 76.5. The quantitative estimate of drug-likeness (QED) is 0.129. The molecule has 0 unspecified atom stereocenters. The van der Waals surface area contributed by atoms with Crippen molar-refractivity contribution in [2.75, 3.05) is 23.9 Å². The molecule has 0 aromatic heterocycles. The van der Waals surface area contributed by atoms with Gasteiger partial charge >= 0.3 is 0 Å². The van der Waals surface area contributed by atoms with Gasteiger partial charge in [-0.15, -0.1) is 0 Å². The van der Waals surface area contributed by atoms with Crippen molar-refractivity contribution in [1.82, 2.24) is 9.80 Å². The van der Waals surface area contributed by atoms with E-state index >= 15 is 0 Å². The summed E-state index contributed by atoms with van der Waals surface area (Å²) in [5.41, 5.74) is 12.1. The van der Waals surface area contributed by atoms with E-state index in [1.165, 1.54) is 94.6 Å². The summed E-state index contributed by atoms with van der Waals surface area (Å²) in [5.74, 6) is -1.80. The van der Waals surface area contributed by atoms with E-state index in [0.717, 1.165) is 22.3 Å². The number of Topliss-reactive ketones (excluding diaryl/α,β-unsaturated/α-hetero) is 4. The molecule has 0 bridgehead atoms. The van der Waals surface area contributed by atoms with Crippen molar-refractivity contribution in [2.24, 2.45) is 0 Å². The molecular formula is C88H72N4O12S4. The van der Waals surface area contributed by atoms with Gasteiger partial charge in [-0.3, -0.25) is 19.2 Å². The number of rotatable bonds is 8. The number of para-hydroxylation sites is 2. The van der Waals surface area contributed by atoms with Gasteiger partial charge in [-0.1, -0.05) is 186 Å². The van der Waals surface area contributed by atoms with Crippen LogP contribution in [0.5, 0.6) is 0 Å². The van der Waals surface area contributed by atoms with Crippen molar-refractivity contribution in [3.05, 3.63) is 415 Å². The number of carbonyl (C=O) groups excluding carboxylic acids is 4. The van der Waals surface area contributed by atoms with Gasteiger partial charge in [0.1, 0.15) is 19.6 Å². The van der Waals surface area contributed by atoms with E-state index in [1.54, 1.807) is 109 Å². The summed E-state index contributed by atoms with van der Waals surface area (Å²) in [7, 11) is -11.1. The molecule has 16 rings (SSSR count). The van der Waals surface area contributed by atoms with Crippen molar-refractivity contribution < 1.29 is 52.8 Å². The fraction of sp³-hybridized carbons (Fsp3) is 0.0909. The Morgan fingerprint density at radius 1 is 0.287 bits per heavy atom. The number of allylic oxidation sites excluding steroid dienone is 34. The predicted octanol–water partition coefficient (Wildman–Crippen LogP) is 16.5. The molecule has 10 aliphatic heterocycles. The summed E-state index contributed by atoms with van der Waals surface area (Å²) in [4.78, 5) is 57.3. The van der Waals surface area contributed by atoms with Crippen LogP contribution < -0.4 is 9.80 Å². The molecule has 108 heavy (non-hydrogen) atoms. The molecule has 0 saturated heterocycles. The van der Waals surface area contributed by atoms with E-state index in [4.69, 9.17) is 0 Å². The highest BCUT2D eigenvalue weighted by Gasteiger charge is 2.44. The van der Waals surface area contributed by atoms with E-state index in [-0.39, 0.29) is 72.3 Å². The molecule has 540 valence electrons. The third-order valence-corrected chi connectivity index (χ3v) is 26.6. The monoisotopic (exact) mass is 1500 g/mol. The lowest BCUT2D eigenvalue weighted by Crippen LogP contribution is -2.24. The normalized spacial score (nSPS) is 21.8. The van der Waals surface area contributed by atoms with Crippen LogP contribution in [0.2, 0.25) is 0 Å². The molecule has 6 aromatic carbocycles. The first-order valence-electron chi connectivity index (χ1n) is 34.3. The van der Waals surface area contributed by atoms with Crippen LogP contribution in [0.25, 0.3) is 0 Å². The highest BCUT2D eigenvalue weighted by atomic mass is 32.2. The SMILES string of the molecule is CC1(C)C2=C/C(=C/C=C/C=C3/C(=O)c4ccccc4S3(=O)=O)C=CN2c2ccccc21.CC1(C)C2=CC(=CC=CC=C3C(=O)c4ccccc4S3(=O)=O)C=CN2c2ccccc21.CN1C=CC(=C/C=C/C=C2/C(=O)c3ccccc3S2(=O)=O)C=C1.CN1C=CC(=CC=CC=C2C(=O)c3ccccc3S2(=O)=O)C=C1. The van der Waals surface area contributed by atoms with Gasteiger partial charge in [0, 0.05) is 107 Å². The molecule has 16 nitrogen and oxygen atoms in total. The number of sulfone groups is 4. The van der Waals surface area contributed by atoms with Crippen molar-refractivity contribution in [3.63, 3.8) is 0 Å². The third-order valence-electron chi connectivity index (χ3n) is 19.2. The van der Waals surface area contributed by atoms with E-state index in [0.29, 0.717) is 0 Å². The van der Waals surface area contributed by atoms with Gasteiger partial charge in [0.15, 0.2) is 0 Å². The second-order valence-corrected chi connectivity index (χ2v) is 34.5. The van der Waals surface area contributed by atoms with Crippen molar-refractivity contribution in [1.29, 1.82) is 0 Å². The molecule has 10 heterocycles. The maximum atomic E-state index is 12.6. The second kappa shape index (κ2) is 29.6. The average molecular weight is 1510 g/mol.